The first-order valence-electron chi connectivity index (χ1n) is 5.45. The first-order chi connectivity index (χ1) is 7.21. The highest BCUT2D eigenvalue weighted by Crippen LogP contribution is 2.48. The van der Waals surface area contributed by atoms with E-state index in [1.165, 1.54) is 18.9 Å². The smallest absolute Gasteiger partial charge is 0.149 e. The fourth-order valence-electron chi connectivity index (χ4n) is 3.02. The molecule has 1 aromatic carbocycles. The van der Waals surface area contributed by atoms with E-state index in [0.717, 1.165) is 31.0 Å². The normalized spacial score (nSPS) is 21.7. The third-order valence-corrected chi connectivity index (χ3v) is 3.79. The van der Waals surface area contributed by atoms with Crippen molar-refractivity contribution in [3.05, 3.63) is 29.3 Å². The van der Waals surface area contributed by atoms with Gasteiger partial charge in [-0.25, -0.2) is 8.78 Å². The van der Waals surface area contributed by atoms with E-state index in [2.05, 4.69) is 5.32 Å². The number of hydrogen-bond donors (Lipinski definition) is 1. The zero-order valence-electron chi connectivity index (χ0n) is 8.45. The lowest BCUT2D eigenvalue weighted by atomic mass is 9.81. The Hall–Kier alpha value is -1.12. The van der Waals surface area contributed by atoms with Crippen molar-refractivity contribution in [1.29, 1.82) is 0 Å². The van der Waals surface area contributed by atoms with Gasteiger partial charge in [0.25, 0.3) is 0 Å². The molecule has 1 heterocycles. The van der Waals surface area contributed by atoms with Gasteiger partial charge in [0.1, 0.15) is 11.6 Å². The quantitative estimate of drug-likeness (QED) is 0.691. The summed E-state index contributed by atoms with van der Waals surface area (Å²) >= 11 is 0. The molecule has 1 fully saturated rings. The van der Waals surface area contributed by atoms with Gasteiger partial charge in [0, 0.05) is 18.0 Å². The average molecular weight is 209 g/mol. The van der Waals surface area contributed by atoms with Crippen molar-refractivity contribution in [3.8, 4) is 0 Å². The number of benzene rings is 1. The molecule has 0 radical (unpaired) electrons. The summed E-state index contributed by atoms with van der Waals surface area (Å²) < 4.78 is 26.7. The van der Waals surface area contributed by atoms with E-state index in [9.17, 15) is 8.78 Å². The van der Waals surface area contributed by atoms with E-state index in [0.29, 0.717) is 5.69 Å². The van der Waals surface area contributed by atoms with Gasteiger partial charge in [0.15, 0.2) is 0 Å². The Morgan fingerprint density at radius 2 is 1.87 bits per heavy atom. The Morgan fingerprint density at radius 3 is 2.60 bits per heavy atom. The highest BCUT2D eigenvalue weighted by atomic mass is 19.1. The highest BCUT2D eigenvalue weighted by Gasteiger charge is 2.42. The minimum Gasteiger partial charge on any atom is -0.382 e. The number of nitrogens with one attached hydrogen (secondary N) is 1. The second kappa shape index (κ2) is 2.94. The summed E-state index contributed by atoms with van der Waals surface area (Å²) in [6, 6.07) is 2.46. The number of halogens is 2. The first kappa shape index (κ1) is 9.13. The van der Waals surface area contributed by atoms with E-state index in [1.54, 1.807) is 0 Å². The number of fused-ring (bicyclic) bond motifs is 2. The number of anilines is 1. The Kier molecular flexibility index (Phi) is 1.79. The summed E-state index contributed by atoms with van der Waals surface area (Å²) in [5.74, 6) is -0.907. The molecule has 1 nitrogen and oxygen atoms in total. The zero-order valence-corrected chi connectivity index (χ0v) is 8.45. The fourth-order valence-corrected chi connectivity index (χ4v) is 3.02. The molecular weight excluding hydrogens is 196 g/mol. The van der Waals surface area contributed by atoms with Gasteiger partial charge in [-0.3, -0.25) is 0 Å². The third kappa shape index (κ3) is 1.18. The van der Waals surface area contributed by atoms with Gasteiger partial charge < -0.3 is 5.32 Å². The van der Waals surface area contributed by atoms with E-state index in [-0.39, 0.29) is 5.41 Å². The summed E-state index contributed by atoms with van der Waals surface area (Å²) in [5.41, 5.74) is 1.40. The van der Waals surface area contributed by atoms with Crippen molar-refractivity contribution < 1.29 is 8.78 Å². The molecule has 1 N–H and O–H groups in total. The Balaban J connectivity index is 2.16. The lowest BCUT2D eigenvalue weighted by Gasteiger charge is -2.22. The topological polar surface area (TPSA) is 12.0 Å². The Morgan fingerprint density at radius 1 is 1.13 bits per heavy atom. The zero-order chi connectivity index (χ0) is 10.5. The Labute approximate surface area is 87.5 Å². The van der Waals surface area contributed by atoms with Crippen molar-refractivity contribution in [3.63, 3.8) is 0 Å². The highest BCUT2D eigenvalue weighted by molar-refractivity contribution is 5.61. The van der Waals surface area contributed by atoms with Crippen LogP contribution >= 0.6 is 0 Å². The molecule has 0 aromatic heterocycles. The van der Waals surface area contributed by atoms with Crippen LogP contribution in [0, 0.1) is 11.6 Å². The van der Waals surface area contributed by atoms with Crippen molar-refractivity contribution >= 4 is 5.69 Å². The largest absolute Gasteiger partial charge is 0.382 e. The monoisotopic (exact) mass is 209 g/mol. The van der Waals surface area contributed by atoms with E-state index in [4.69, 9.17) is 0 Å². The summed E-state index contributed by atoms with van der Waals surface area (Å²) in [5, 5.41) is 3.09. The van der Waals surface area contributed by atoms with Gasteiger partial charge in [0.2, 0.25) is 0 Å². The van der Waals surface area contributed by atoms with Crippen LogP contribution in [0.15, 0.2) is 12.1 Å². The minimum absolute atomic E-state index is 0.0122. The van der Waals surface area contributed by atoms with Crippen LogP contribution in [0.1, 0.15) is 31.2 Å². The van der Waals surface area contributed by atoms with Crippen LogP contribution in [0.4, 0.5) is 14.5 Å². The summed E-state index contributed by atoms with van der Waals surface area (Å²) in [7, 11) is 0. The second-order valence-electron chi connectivity index (χ2n) is 4.65. The van der Waals surface area contributed by atoms with Gasteiger partial charge in [-0.15, -0.1) is 0 Å². The molecule has 0 amide bonds. The molecule has 3 heteroatoms. The van der Waals surface area contributed by atoms with Gasteiger partial charge in [-0.1, -0.05) is 12.8 Å². The Bertz CT molecular complexity index is 408. The second-order valence-corrected chi connectivity index (χ2v) is 4.65. The fraction of sp³-hybridized carbons (Fsp3) is 0.500. The average Bonchev–Trinajstić information content (AvgIpc) is 2.77. The molecule has 0 unspecified atom stereocenters. The van der Waals surface area contributed by atoms with Crippen LogP contribution in [-0.4, -0.2) is 6.54 Å². The molecule has 1 aliphatic heterocycles. The van der Waals surface area contributed by atoms with Crippen LogP contribution in [0.25, 0.3) is 0 Å². The van der Waals surface area contributed by atoms with E-state index < -0.39 is 11.6 Å². The molecule has 1 spiro atoms. The molecule has 2 aliphatic rings. The minimum atomic E-state index is -0.457. The summed E-state index contributed by atoms with van der Waals surface area (Å²) in [6.45, 7) is 0.767. The van der Waals surface area contributed by atoms with Crippen molar-refractivity contribution in [2.75, 3.05) is 11.9 Å². The molecule has 3 rings (SSSR count). The van der Waals surface area contributed by atoms with Crippen LogP contribution in [0.3, 0.4) is 0 Å². The molecule has 80 valence electrons. The maximum atomic E-state index is 13.5. The molecule has 0 saturated heterocycles. The molecule has 1 aromatic rings. The maximum Gasteiger partial charge on any atom is 0.149 e. The van der Waals surface area contributed by atoms with Crippen LogP contribution in [0.5, 0.6) is 0 Å². The van der Waals surface area contributed by atoms with Gasteiger partial charge in [-0.05, 0) is 24.5 Å². The lowest BCUT2D eigenvalue weighted by molar-refractivity contribution is 0.484. The van der Waals surface area contributed by atoms with Crippen molar-refractivity contribution in [2.24, 2.45) is 0 Å². The van der Waals surface area contributed by atoms with Crippen molar-refractivity contribution in [2.45, 2.75) is 31.1 Å². The summed E-state index contributed by atoms with van der Waals surface area (Å²) in [6.07, 6.45) is 4.43. The van der Waals surface area contributed by atoms with Gasteiger partial charge >= 0.3 is 0 Å². The molecule has 15 heavy (non-hydrogen) atoms. The van der Waals surface area contributed by atoms with Crippen LogP contribution < -0.4 is 5.32 Å². The maximum absolute atomic E-state index is 13.5. The van der Waals surface area contributed by atoms with Crippen LogP contribution in [-0.2, 0) is 5.41 Å². The van der Waals surface area contributed by atoms with Gasteiger partial charge in [-0.2, -0.15) is 0 Å². The number of rotatable bonds is 0. The predicted molar refractivity (Wildman–Crippen MR) is 55.0 cm³/mol. The first-order valence-corrected chi connectivity index (χ1v) is 5.45. The summed E-state index contributed by atoms with van der Waals surface area (Å²) in [4.78, 5) is 0. The SMILES string of the molecule is Fc1cc(F)c2c(c1)C1(CCCC1)CN2. The lowest BCUT2D eigenvalue weighted by Crippen LogP contribution is -2.24. The molecule has 0 bridgehead atoms. The van der Waals surface area contributed by atoms with E-state index >= 15 is 0 Å². The standard InChI is InChI=1S/C12H13F2N/c13-8-5-9-11(10(14)6-8)15-7-12(9)3-1-2-4-12/h5-6,15H,1-4,7H2. The molecule has 0 atom stereocenters. The third-order valence-electron chi connectivity index (χ3n) is 3.79. The van der Waals surface area contributed by atoms with Crippen LogP contribution in [0.2, 0.25) is 0 Å². The van der Waals surface area contributed by atoms with E-state index in [1.807, 2.05) is 0 Å². The number of hydrogen-bond acceptors (Lipinski definition) is 1. The molecular formula is C12H13F2N. The van der Waals surface area contributed by atoms with Gasteiger partial charge in [0.05, 0.1) is 5.69 Å². The molecule has 1 aliphatic carbocycles. The predicted octanol–water partition coefficient (Wildman–Crippen LogP) is 3.20. The molecule has 1 saturated carbocycles. The van der Waals surface area contributed by atoms with Crippen molar-refractivity contribution in [1.82, 2.24) is 0 Å².